The molecule has 42 heavy (non-hydrogen) atoms. The second-order valence-corrected chi connectivity index (χ2v) is 15.3. The molecule has 0 amide bonds. The second-order valence-electron chi connectivity index (χ2n) is 14.0. The van der Waals surface area contributed by atoms with Crippen LogP contribution in [0.2, 0.25) is 0 Å². The number of thiophene rings is 1. The van der Waals surface area contributed by atoms with Crippen molar-refractivity contribution in [2.75, 3.05) is 0 Å². The van der Waals surface area contributed by atoms with Crippen LogP contribution in [0.4, 0.5) is 0 Å². The Morgan fingerprint density at radius 2 is 0.833 bits per heavy atom. The summed E-state index contributed by atoms with van der Waals surface area (Å²) in [7, 11) is 0. The summed E-state index contributed by atoms with van der Waals surface area (Å²) in [5.74, 6) is 4.96. The molecular formula is C35H64N4OS2. The van der Waals surface area contributed by atoms with E-state index >= 15 is 0 Å². The van der Waals surface area contributed by atoms with Gasteiger partial charge >= 0.3 is 0 Å². The lowest BCUT2D eigenvalue weighted by molar-refractivity contribution is 0.298. The summed E-state index contributed by atoms with van der Waals surface area (Å²) in [6.07, 6.45) is 4.21. The molecule has 0 saturated carbocycles. The SMILES string of the molecule is CC(C)CCCC(C)C.CC(C)c1cscc1C(C)C.CC(C)c1nonc1C(C)C.CC(C)c1nsnc1C(C)C. The lowest BCUT2D eigenvalue weighted by Crippen LogP contribution is -1.96. The lowest BCUT2D eigenvalue weighted by Gasteiger charge is -2.09. The van der Waals surface area contributed by atoms with Gasteiger partial charge in [0.15, 0.2) is 0 Å². The van der Waals surface area contributed by atoms with E-state index in [0.717, 1.165) is 23.2 Å². The Kier molecular flexibility index (Phi) is 20.4. The van der Waals surface area contributed by atoms with Crippen molar-refractivity contribution in [3.05, 3.63) is 44.7 Å². The van der Waals surface area contributed by atoms with Gasteiger partial charge in [-0.3, -0.25) is 0 Å². The van der Waals surface area contributed by atoms with Crippen molar-refractivity contribution < 1.29 is 4.63 Å². The minimum Gasteiger partial charge on any atom is -0.244 e. The molecule has 3 heterocycles. The molecule has 0 aliphatic rings. The molecule has 0 radical (unpaired) electrons. The highest BCUT2D eigenvalue weighted by Crippen LogP contribution is 2.29. The van der Waals surface area contributed by atoms with Crippen molar-refractivity contribution in [2.45, 2.75) is 166 Å². The zero-order valence-electron chi connectivity index (χ0n) is 29.9. The molecule has 5 nitrogen and oxygen atoms in total. The number of rotatable bonds is 10. The van der Waals surface area contributed by atoms with Gasteiger partial charge in [-0.15, -0.1) is 0 Å². The zero-order chi connectivity index (χ0) is 32.6. The predicted molar refractivity (Wildman–Crippen MR) is 187 cm³/mol. The first kappa shape index (κ1) is 40.4. The predicted octanol–water partition coefficient (Wildman–Crippen LogP) is 12.6. The third-order valence-corrected chi connectivity index (χ3v) is 8.14. The van der Waals surface area contributed by atoms with E-state index in [-0.39, 0.29) is 0 Å². The summed E-state index contributed by atoms with van der Waals surface area (Å²) in [4.78, 5) is 0. The highest BCUT2D eigenvalue weighted by atomic mass is 32.1. The van der Waals surface area contributed by atoms with Crippen LogP contribution in [0.1, 0.15) is 199 Å². The van der Waals surface area contributed by atoms with Gasteiger partial charge in [-0.25, -0.2) is 4.63 Å². The Hall–Kier alpha value is -1.60. The van der Waals surface area contributed by atoms with Crippen LogP contribution in [0.15, 0.2) is 15.4 Å². The molecule has 0 unspecified atom stereocenters. The maximum atomic E-state index is 4.67. The summed E-state index contributed by atoms with van der Waals surface area (Å²) >= 11 is 3.15. The van der Waals surface area contributed by atoms with Crippen molar-refractivity contribution >= 4 is 23.1 Å². The van der Waals surface area contributed by atoms with Gasteiger partial charge in [0.2, 0.25) is 0 Å². The summed E-state index contributed by atoms with van der Waals surface area (Å²) in [6.45, 7) is 35.2. The van der Waals surface area contributed by atoms with E-state index in [1.807, 2.05) is 11.3 Å². The molecule has 3 aromatic rings. The Bertz CT molecular complexity index is 864. The Balaban J connectivity index is 0.000000536. The summed E-state index contributed by atoms with van der Waals surface area (Å²) in [5, 5.41) is 12.3. The molecule has 242 valence electrons. The van der Waals surface area contributed by atoms with Gasteiger partial charge in [-0.2, -0.15) is 20.1 Å². The quantitative estimate of drug-likeness (QED) is 0.225. The van der Waals surface area contributed by atoms with E-state index < -0.39 is 0 Å². The fourth-order valence-electron chi connectivity index (χ4n) is 4.20. The molecule has 3 aromatic heterocycles. The Morgan fingerprint density at radius 1 is 0.500 bits per heavy atom. The number of nitrogens with zero attached hydrogens (tertiary/aromatic N) is 4. The van der Waals surface area contributed by atoms with E-state index in [0.29, 0.717) is 35.5 Å². The lowest BCUT2D eigenvalue weighted by atomic mass is 9.95. The molecule has 0 fully saturated rings. The molecule has 0 spiro atoms. The Labute approximate surface area is 268 Å². The van der Waals surface area contributed by atoms with Crippen LogP contribution in [0, 0.1) is 11.8 Å². The minimum atomic E-state index is 0.402. The molecule has 0 saturated heterocycles. The van der Waals surface area contributed by atoms with Gasteiger partial charge < -0.3 is 0 Å². The van der Waals surface area contributed by atoms with Crippen molar-refractivity contribution in [1.29, 1.82) is 0 Å². The van der Waals surface area contributed by atoms with Crippen LogP contribution >= 0.6 is 23.1 Å². The molecular weight excluding hydrogens is 557 g/mol. The topological polar surface area (TPSA) is 64.7 Å². The van der Waals surface area contributed by atoms with Crippen LogP contribution in [-0.4, -0.2) is 19.1 Å². The van der Waals surface area contributed by atoms with Gasteiger partial charge in [0.1, 0.15) is 11.4 Å². The fourth-order valence-corrected chi connectivity index (χ4v) is 6.20. The largest absolute Gasteiger partial charge is 0.244 e. The smallest absolute Gasteiger partial charge is 0.111 e. The molecule has 0 aliphatic carbocycles. The summed E-state index contributed by atoms with van der Waals surface area (Å²) in [5.41, 5.74) is 7.38. The van der Waals surface area contributed by atoms with Crippen LogP contribution < -0.4 is 0 Å². The van der Waals surface area contributed by atoms with Crippen LogP contribution in [0.3, 0.4) is 0 Å². The minimum absolute atomic E-state index is 0.402. The second kappa shape index (κ2) is 21.2. The third-order valence-electron chi connectivity index (χ3n) is 6.80. The van der Waals surface area contributed by atoms with Crippen molar-refractivity contribution in [3.63, 3.8) is 0 Å². The average molecular weight is 621 g/mol. The molecule has 0 aliphatic heterocycles. The van der Waals surface area contributed by atoms with Gasteiger partial charge in [0.05, 0.1) is 23.1 Å². The molecule has 0 bridgehead atoms. The Morgan fingerprint density at radius 3 is 1.10 bits per heavy atom. The van der Waals surface area contributed by atoms with E-state index in [2.05, 4.69) is 145 Å². The molecule has 0 aromatic carbocycles. The van der Waals surface area contributed by atoms with Crippen molar-refractivity contribution in [2.24, 2.45) is 11.8 Å². The number of hydrogen-bond donors (Lipinski definition) is 0. The van der Waals surface area contributed by atoms with Crippen LogP contribution in [-0.2, 0) is 0 Å². The van der Waals surface area contributed by atoms with E-state index in [4.69, 9.17) is 0 Å². The van der Waals surface area contributed by atoms with E-state index in [1.54, 1.807) is 0 Å². The maximum Gasteiger partial charge on any atom is 0.111 e. The maximum absolute atomic E-state index is 4.67. The first-order valence-electron chi connectivity index (χ1n) is 16.2. The highest BCUT2D eigenvalue weighted by molar-refractivity contribution is 7.08. The summed E-state index contributed by atoms with van der Waals surface area (Å²) in [6, 6.07) is 0. The molecule has 0 N–H and O–H groups in total. The van der Waals surface area contributed by atoms with Crippen LogP contribution in [0.5, 0.6) is 0 Å². The monoisotopic (exact) mass is 620 g/mol. The van der Waals surface area contributed by atoms with Gasteiger partial charge in [-0.05, 0) is 57.4 Å². The fraction of sp³-hybridized carbons (Fsp3) is 0.771. The van der Waals surface area contributed by atoms with E-state index in [1.165, 1.54) is 53.5 Å². The van der Waals surface area contributed by atoms with Gasteiger partial charge in [0, 0.05) is 11.8 Å². The summed E-state index contributed by atoms with van der Waals surface area (Å²) < 4.78 is 13.2. The molecule has 3 rings (SSSR count). The van der Waals surface area contributed by atoms with Crippen molar-refractivity contribution in [1.82, 2.24) is 19.1 Å². The standard InChI is InChI=1S/C10H16S.C9H20.C8H14N2O.C8H14N2S/c1-7(2)9-5-11-6-10(9)8(3)4;1-8(2)6-5-7-9(3)4;2*1-5(2)7-8(6(3)4)10-11-9-7/h5-8H,1-4H3;8-9H,5-7H2,1-4H3;2*5-6H,1-4H3. The first-order valence-corrected chi connectivity index (χ1v) is 17.9. The first-order chi connectivity index (χ1) is 19.5. The van der Waals surface area contributed by atoms with Crippen LogP contribution in [0.25, 0.3) is 0 Å². The van der Waals surface area contributed by atoms with E-state index in [9.17, 15) is 0 Å². The average Bonchev–Trinajstić information content (AvgIpc) is 3.65. The normalized spacial score (nSPS) is 11.4. The molecule has 7 heteroatoms. The number of aromatic nitrogens is 4. The van der Waals surface area contributed by atoms with Gasteiger partial charge in [-0.1, -0.05) is 140 Å². The highest BCUT2D eigenvalue weighted by Gasteiger charge is 2.16. The molecule has 0 atom stereocenters. The number of hydrogen-bond acceptors (Lipinski definition) is 7. The van der Waals surface area contributed by atoms with Crippen molar-refractivity contribution in [3.8, 4) is 0 Å². The van der Waals surface area contributed by atoms with Gasteiger partial charge in [0.25, 0.3) is 0 Å². The third kappa shape index (κ3) is 15.7. The zero-order valence-corrected chi connectivity index (χ0v) is 31.5.